The minimum atomic E-state index is 0.169. The molecule has 1 amide bonds. The van der Waals surface area contributed by atoms with Gasteiger partial charge in [0, 0.05) is 0 Å². The van der Waals surface area contributed by atoms with Crippen LogP contribution in [0.15, 0.2) is 0 Å². The second-order valence-electron chi connectivity index (χ2n) is 3.74. The summed E-state index contributed by atoms with van der Waals surface area (Å²) in [5.74, 6) is 0.813. The van der Waals surface area contributed by atoms with Crippen LogP contribution in [0.2, 0.25) is 0 Å². The van der Waals surface area contributed by atoms with Gasteiger partial charge in [-0.3, -0.25) is 4.79 Å². The summed E-state index contributed by atoms with van der Waals surface area (Å²) in [4.78, 5) is 10.8. The van der Waals surface area contributed by atoms with Gasteiger partial charge in [-0.25, -0.2) is 0 Å². The fourth-order valence-electron chi connectivity index (χ4n) is 2.07. The molecule has 2 rings (SSSR count). The molecule has 0 aliphatic carbocycles. The zero-order valence-electron chi connectivity index (χ0n) is 6.81. The van der Waals surface area contributed by atoms with E-state index in [1.165, 1.54) is 0 Å². The third-order valence-corrected chi connectivity index (χ3v) is 3.01. The second-order valence-corrected chi connectivity index (χ2v) is 3.74. The molecule has 2 fully saturated rings. The van der Waals surface area contributed by atoms with Crippen LogP contribution in [-0.4, -0.2) is 24.5 Å². The number of carbonyl (C=O) groups is 1. The summed E-state index contributed by atoms with van der Waals surface area (Å²) in [5.41, 5.74) is 0.169. The molecule has 2 atom stereocenters. The molecule has 0 aromatic carbocycles. The Bertz CT molecular complexity index is 183. The first-order chi connectivity index (χ1) is 5.23. The van der Waals surface area contributed by atoms with E-state index in [0.29, 0.717) is 5.92 Å². The fraction of sp³-hybridized carbons (Fsp3) is 0.875. The van der Waals surface area contributed by atoms with Gasteiger partial charge in [-0.15, -0.1) is 0 Å². The van der Waals surface area contributed by atoms with Crippen LogP contribution in [0.3, 0.4) is 0 Å². The summed E-state index contributed by atoms with van der Waals surface area (Å²) < 4.78 is 0. The lowest BCUT2D eigenvalue weighted by Crippen LogP contribution is -2.68. The van der Waals surface area contributed by atoms with Gasteiger partial charge in [0.2, 0.25) is 5.91 Å². The molecule has 2 aliphatic rings. The number of amides is 1. The Balaban J connectivity index is 2.05. The zero-order valence-corrected chi connectivity index (χ0v) is 6.81. The van der Waals surface area contributed by atoms with Crippen molar-refractivity contribution in [2.45, 2.75) is 25.3 Å². The minimum absolute atomic E-state index is 0.169. The first-order valence-electron chi connectivity index (χ1n) is 4.25. The SMILES string of the molecule is CC1CNCCC12CC(=O)N2. The predicted molar refractivity (Wildman–Crippen MR) is 42.1 cm³/mol. The number of hydrogen-bond acceptors (Lipinski definition) is 2. The molecule has 2 aliphatic heterocycles. The van der Waals surface area contributed by atoms with Crippen LogP contribution in [0, 0.1) is 5.92 Å². The Morgan fingerprint density at radius 2 is 2.36 bits per heavy atom. The summed E-state index contributed by atoms with van der Waals surface area (Å²) in [5, 5.41) is 6.35. The van der Waals surface area contributed by atoms with Crippen molar-refractivity contribution < 1.29 is 4.79 Å². The van der Waals surface area contributed by atoms with Gasteiger partial charge in [-0.05, 0) is 25.4 Å². The van der Waals surface area contributed by atoms with Crippen LogP contribution in [0.25, 0.3) is 0 Å². The largest absolute Gasteiger partial charge is 0.350 e. The molecule has 0 aromatic heterocycles. The average molecular weight is 154 g/mol. The Kier molecular flexibility index (Phi) is 1.42. The smallest absolute Gasteiger partial charge is 0.222 e. The highest BCUT2D eigenvalue weighted by Gasteiger charge is 2.47. The number of β-lactam (4-membered cyclic amide) rings is 1. The van der Waals surface area contributed by atoms with Crippen LogP contribution >= 0.6 is 0 Å². The maximum absolute atomic E-state index is 10.8. The molecule has 2 unspecified atom stereocenters. The van der Waals surface area contributed by atoms with E-state index in [-0.39, 0.29) is 11.4 Å². The molecule has 2 heterocycles. The summed E-state index contributed by atoms with van der Waals surface area (Å²) in [6.07, 6.45) is 1.84. The lowest BCUT2D eigenvalue weighted by Gasteiger charge is -2.49. The van der Waals surface area contributed by atoms with Crippen molar-refractivity contribution in [1.29, 1.82) is 0 Å². The Labute approximate surface area is 66.5 Å². The summed E-state index contributed by atoms with van der Waals surface area (Å²) >= 11 is 0. The zero-order chi connectivity index (χ0) is 7.90. The van der Waals surface area contributed by atoms with E-state index in [4.69, 9.17) is 0 Å². The first-order valence-corrected chi connectivity index (χ1v) is 4.25. The third kappa shape index (κ3) is 0.948. The van der Waals surface area contributed by atoms with E-state index in [0.717, 1.165) is 25.9 Å². The van der Waals surface area contributed by atoms with E-state index < -0.39 is 0 Å². The normalized spacial score (nSPS) is 43.4. The third-order valence-electron chi connectivity index (χ3n) is 3.01. The van der Waals surface area contributed by atoms with E-state index >= 15 is 0 Å². The predicted octanol–water partition coefficient (Wildman–Crippen LogP) is -0.126. The number of rotatable bonds is 0. The van der Waals surface area contributed by atoms with Crippen molar-refractivity contribution in [3.05, 3.63) is 0 Å². The summed E-state index contributed by atoms with van der Waals surface area (Å²) in [6.45, 7) is 4.29. The van der Waals surface area contributed by atoms with Crippen molar-refractivity contribution >= 4 is 5.91 Å². The van der Waals surface area contributed by atoms with E-state index in [9.17, 15) is 4.79 Å². The van der Waals surface area contributed by atoms with Gasteiger partial charge in [0.05, 0.1) is 12.0 Å². The molecule has 0 radical (unpaired) electrons. The molecule has 1 spiro atoms. The van der Waals surface area contributed by atoms with Crippen LogP contribution in [0.4, 0.5) is 0 Å². The topological polar surface area (TPSA) is 41.1 Å². The number of piperidine rings is 1. The molecule has 62 valence electrons. The van der Waals surface area contributed by atoms with Crippen LogP contribution in [0.5, 0.6) is 0 Å². The Hall–Kier alpha value is -0.570. The standard InChI is InChI=1S/C8H14N2O/c1-6-5-9-3-2-8(6)4-7(11)10-8/h6,9H,2-5H2,1H3,(H,10,11). The van der Waals surface area contributed by atoms with Gasteiger partial charge in [0.25, 0.3) is 0 Å². The molecule has 0 aromatic rings. The van der Waals surface area contributed by atoms with E-state index in [1.807, 2.05) is 0 Å². The van der Waals surface area contributed by atoms with Gasteiger partial charge in [-0.1, -0.05) is 6.92 Å². The average Bonchev–Trinajstić information content (AvgIpc) is 1.92. The fourth-order valence-corrected chi connectivity index (χ4v) is 2.07. The van der Waals surface area contributed by atoms with E-state index in [1.54, 1.807) is 0 Å². The first kappa shape index (κ1) is 7.10. The molecule has 0 saturated carbocycles. The molecule has 11 heavy (non-hydrogen) atoms. The number of hydrogen-bond donors (Lipinski definition) is 2. The highest BCUT2D eigenvalue weighted by atomic mass is 16.2. The van der Waals surface area contributed by atoms with Gasteiger partial charge < -0.3 is 10.6 Å². The van der Waals surface area contributed by atoms with Gasteiger partial charge >= 0.3 is 0 Å². The van der Waals surface area contributed by atoms with Crippen molar-refractivity contribution in [1.82, 2.24) is 10.6 Å². The van der Waals surface area contributed by atoms with E-state index in [2.05, 4.69) is 17.6 Å². The van der Waals surface area contributed by atoms with Crippen molar-refractivity contribution in [2.75, 3.05) is 13.1 Å². The van der Waals surface area contributed by atoms with Gasteiger partial charge in [-0.2, -0.15) is 0 Å². The molecule has 2 N–H and O–H groups in total. The quantitative estimate of drug-likeness (QED) is 0.477. The maximum Gasteiger partial charge on any atom is 0.222 e. The highest BCUT2D eigenvalue weighted by molar-refractivity contribution is 5.84. The minimum Gasteiger partial charge on any atom is -0.350 e. The van der Waals surface area contributed by atoms with Gasteiger partial charge in [0.1, 0.15) is 0 Å². The molecule has 3 heteroatoms. The number of nitrogens with one attached hydrogen (secondary N) is 2. The molecule has 0 bridgehead atoms. The van der Waals surface area contributed by atoms with Crippen molar-refractivity contribution in [2.24, 2.45) is 5.92 Å². The second kappa shape index (κ2) is 2.21. The monoisotopic (exact) mass is 154 g/mol. The van der Waals surface area contributed by atoms with Crippen LogP contribution in [0.1, 0.15) is 19.8 Å². The summed E-state index contributed by atoms with van der Waals surface area (Å²) in [7, 11) is 0. The Morgan fingerprint density at radius 3 is 2.91 bits per heavy atom. The maximum atomic E-state index is 10.8. The van der Waals surface area contributed by atoms with Gasteiger partial charge in [0.15, 0.2) is 0 Å². The molecular weight excluding hydrogens is 140 g/mol. The Morgan fingerprint density at radius 1 is 1.64 bits per heavy atom. The lowest BCUT2D eigenvalue weighted by molar-refractivity contribution is -0.136. The number of carbonyl (C=O) groups excluding carboxylic acids is 1. The van der Waals surface area contributed by atoms with Crippen molar-refractivity contribution in [3.63, 3.8) is 0 Å². The van der Waals surface area contributed by atoms with Crippen molar-refractivity contribution in [3.8, 4) is 0 Å². The molecule has 3 nitrogen and oxygen atoms in total. The summed E-state index contributed by atoms with van der Waals surface area (Å²) in [6, 6.07) is 0. The molecular formula is C8H14N2O. The lowest BCUT2D eigenvalue weighted by atomic mass is 9.72. The van der Waals surface area contributed by atoms with Crippen LogP contribution in [-0.2, 0) is 4.79 Å². The highest BCUT2D eigenvalue weighted by Crippen LogP contribution is 2.33. The van der Waals surface area contributed by atoms with Crippen LogP contribution < -0.4 is 10.6 Å². The molecule has 2 saturated heterocycles.